The van der Waals surface area contributed by atoms with Gasteiger partial charge in [0.1, 0.15) is 28.6 Å². The molecule has 0 radical (unpaired) electrons. The molecule has 1 aliphatic rings. The normalized spacial score (nSPS) is 13.3. The Morgan fingerprint density at radius 2 is 1.31 bits per heavy atom. The number of rotatable bonds is 9. The molecule has 39 heavy (non-hydrogen) atoms. The minimum atomic E-state index is -4.98. The van der Waals surface area contributed by atoms with Crippen molar-refractivity contribution >= 4 is 37.2 Å². The molecule has 0 atom stereocenters. The molecule has 0 heterocycles. The van der Waals surface area contributed by atoms with Crippen molar-refractivity contribution in [3.05, 3.63) is 77.4 Å². The van der Waals surface area contributed by atoms with E-state index in [1.807, 2.05) is 52.0 Å². The third-order valence-corrected chi connectivity index (χ3v) is 8.23. The van der Waals surface area contributed by atoms with Gasteiger partial charge in [-0.25, -0.2) is 4.58 Å². The molecule has 0 unspecified atom stereocenters. The Morgan fingerprint density at radius 3 is 1.74 bits per heavy atom. The summed E-state index contributed by atoms with van der Waals surface area (Å²) in [6.45, 7) is 11.3. The van der Waals surface area contributed by atoms with Crippen molar-refractivity contribution in [2.75, 3.05) is 31.1 Å². The second-order valence-corrected chi connectivity index (χ2v) is 11.4. The van der Waals surface area contributed by atoms with Crippen LogP contribution in [0.1, 0.15) is 38.8 Å². The van der Waals surface area contributed by atoms with Gasteiger partial charge >= 0.3 is 29.6 Å². The zero-order valence-electron chi connectivity index (χ0n) is 22.8. The number of aromatic hydroxyl groups is 1. The molecule has 2 aromatic rings. The smallest absolute Gasteiger partial charge is 0.506 e. The average molecular weight is 585 g/mol. The molecular weight excluding hydrogens is 551 g/mol. The summed E-state index contributed by atoms with van der Waals surface area (Å²) < 4.78 is 70.1. The van der Waals surface area contributed by atoms with Crippen LogP contribution in [0.3, 0.4) is 0 Å². The maximum absolute atomic E-state index is 12.4. The van der Waals surface area contributed by atoms with Gasteiger partial charge in [-0.15, -0.1) is 0 Å². The van der Waals surface area contributed by atoms with E-state index in [1.54, 1.807) is 24.3 Å². The van der Waals surface area contributed by atoms with E-state index in [4.69, 9.17) is 0 Å². The fraction of sp³-hybridized carbons (Fsp3) is 0.296. The summed E-state index contributed by atoms with van der Waals surface area (Å²) in [5.41, 5.74) is 3.26. The molecule has 0 saturated heterocycles. The SMILES string of the molecule is CCN(CC)c1ccc(C(=C2C=CC(=[N+](CC)CC)C=C2)c2cc(O)c(S(=O)(=O)O)cc2S(=O)(=O)O)cc1.[Na+]. The maximum atomic E-state index is 12.4. The Balaban J connectivity index is 0.00000533. The van der Waals surface area contributed by atoms with Crippen molar-refractivity contribution in [2.45, 2.75) is 37.5 Å². The third kappa shape index (κ3) is 7.49. The van der Waals surface area contributed by atoms with Crippen LogP contribution in [0.2, 0.25) is 0 Å². The average Bonchev–Trinajstić information content (AvgIpc) is 2.86. The van der Waals surface area contributed by atoms with Gasteiger partial charge in [0.05, 0.1) is 0 Å². The third-order valence-electron chi connectivity index (χ3n) is 6.46. The zero-order chi connectivity index (χ0) is 28.3. The first kappa shape index (κ1) is 33.0. The summed E-state index contributed by atoms with van der Waals surface area (Å²) in [6, 6.07) is 8.84. The molecule has 0 aromatic heterocycles. The van der Waals surface area contributed by atoms with Gasteiger partial charge in [0.2, 0.25) is 0 Å². The summed E-state index contributed by atoms with van der Waals surface area (Å²) in [5.74, 6) is -0.855. The van der Waals surface area contributed by atoms with Crippen molar-refractivity contribution in [2.24, 2.45) is 0 Å². The van der Waals surface area contributed by atoms with E-state index in [1.165, 1.54) is 0 Å². The Kier molecular flexibility index (Phi) is 11.3. The van der Waals surface area contributed by atoms with E-state index in [0.717, 1.165) is 43.6 Å². The van der Waals surface area contributed by atoms with Crippen LogP contribution in [0.15, 0.2) is 76.1 Å². The molecule has 3 N–H and O–H groups in total. The summed E-state index contributed by atoms with van der Waals surface area (Å²) >= 11 is 0. The molecule has 9 nitrogen and oxygen atoms in total. The van der Waals surface area contributed by atoms with Gasteiger partial charge in [-0.3, -0.25) is 9.11 Å². The van der Waals surface area contributed by atoms with Crippen LogP contribution in [0, 0.1) is 0 Å². The zero-order valence-corrected chi connectivity index (χ0v) is 26.4. The van der Waals surface area contributed by atoms with Crippen molar-refractivity contribution in [1.29, 1.82) is 0 Å². The molecule has 0 bridgehead atoms. The molecule has 204 valence electrons. The van der Waals surface area contributed by atoms with E-state index >= 15 is 0 Å². The second-order valence-electron chi connectivity index (χ2n) is 8.58. The van der Waals surface area contributed by atoms with Gasteiger partial charge in [0.15, 0.2) is 5.71 Å². The largest absolute Gasteiger partial charge is 1.00 e. The molecule has 0 aliphatic heterocycles. The summed E-state index contributed by atoms with van der Waals surface area (Å²) in [5, 5.41) is 10.5. The predicted molar refractivity (Wildman–Crippen MR) is 148 cm³/mol. The number of phenolic OH excluding ortho intramolecular Hbond substituents is 1. The summed E-state index contributed by atoms with van der Waals surface area (Å²) in [7, 11) is -9.95. The van der Waals surface area contributed by atoms with Crippen molar-refractivity contribution in [3.8, 4) is 5.75 Å². The summed E-state index contributed by atoms with van der Waals surface area (Å²) in [4.78, 5) is 0.346. The van der Waals surface area contributed by atoms with Crippen LogP contribution < -0.4 is 34.5 Å². The van der Waals surface area contributed by atoms with E-state index in [2.05, 4.69) is 9.48 Å². The van der Waals surface area contributed by atoms with E-state index in [0.29, 0.717) is 22.8 Å². The van der Waals surface area contributed by atoms with Crippen LogP contribution in [-0.2, 0) is 20.2 Å². The minimum Gasteiger partial charge on any atom is -0.506 e. The second kappa shape index (κ2) is 13.4. The molecule has 12 heteroatoms. The van der Waals surface area contributed by atoms with E-state index in [9.17, 15) is 31.0 Å². The first-order chi connectivity index (χ1) is 17.8. The molecule has 2 aromatic carbocycles. The Bertz CT molecular complexity index is 1530. The Hall–Kier alpha value is -2.25. The van der Waals surface area contributed by atoms with Crippen molar-refractivity contribution in [3.63, 3.8) is 0 Å². The molecule has 3 rings (SSSR count). The molecule has 0 amide bonds. The van der Waals surface area contributed by atoms with Gasteiger partial charge in [0.25, 0.3) is 20.2 Å². The van der Waals surface area contributed by atoms with Gasteiger partial charge in [-0.05, 0) is 80.8 Å². The number of phenols is 1. The first-order valence-electron chi connectivity index (χ1n) is 12.3. The van der Waals surface area contributed by atoms with Crippen molar-refractivity contribution < 1.29 is 65.2 Å². The van der Waals surface area contributed by atoms with Crippen LogP contribution >= 0.6 is 0 Å². The topological polar surface area (TPSA) is 135 Å². The van der Waals surface area contributed by atoms with E-state index in [-0.39, 0.29) is 35.1 Å². The number of hydrogen-bond acceptors (Lipinski definition) is 6. The Morgan fingerprint density at radius 1 is 0.795 bits per heavy atom. The van der Waals surface area contributed by atoms with Gasteiger partial charge < -0.3 is 10.0 Å². The molecule has 1 aliphatic carbocycles. The van der Waals surface area contributed by atoms with Gasteiger partial charge in [0, 0.05) is 36.5 Å². The van der Waals surface area contributed by atoms with Crippen LogP contribution in [0.4, 0.5) is 5.69 Å². The quantitative estimate of drug-likeness (QED) is 0.227. The minimum absolute atomic E-state index is 0. The predicted octanol–water partition coefficient (Wildman–Crippen LogP) is 1.16. The Labute approximate surface area is 252 Å². The van der Waals surface area contributed by atoms with Crippen LogP contribution in [0.5, 0.6) is 5.75 Å². The molecular formula is C27H33N2NaO7S2+2. The van der Waals surface area contributed by atoms with Crippen LogP contribution in [-0.4, -0.2) is 67.5 Å². The summed E-state index contributed by atoms with van der Waals surface area (Å²) in [6.07, 6.45) is 7.35. The standard InChI is InChI=1S/C27H32N2O7S2.Na/c1-5-28(6-2)21-13-9-19(10-14-21)27(20-11-15-22(16-12-20)29(7-3)8-4)23-17-24(30)26(38(34,35)36)18-25(23)37(31,32)33;/h9-18H,5-8H2,1-4H3,(H2-,30,31,32,33,34,35,36);/q;+1/p+1. The van der Waals surface area contributed by atoms with E-state index < -0.39 is 35.8 Å². The maximum Gasteiger partial charge on any atom is 1.00 e. The first-order valence-corrected chi connectivity index (χ1v) is 15.1. The number of anilines is 1. The van der Waals surface area contributed by atoms with Gasteiger partial charge in [-0.2, -0.15) is 16.8 Å². The number of hydrogen-bond donors (Lipinski definition) is 3. The number of benzene rings is 2. The van der Waals surface area contributed by atoms with Gasteiger partial charge in [-0.1, -0.05) is 12.1 Å². The fourth-order valence-corrected chi connectivity index (χ4v) is 5.87. The van der Waals surface area contributed by atoms with Crippen molar-refractivity contribution in [1.82, 2.24) is 0 Å². The number of nitrogens with zero attached hydrogens (tertiary/aromatic N) is 2. The molecule has 0 spiro atoms. The van der Waals surface area contributed by atoms with Crippen LogP contribution in [0.25, 0.3) is 5.57 Å². The number of allylic oxidation sites excluding steroid dienone is 5. The fourth-order valence-electron chi connectivity index (χ4n) is 4.50. The monoisotopic (exact) mass is 584 g/mol. The molecule has 0 saturated carbocycles. The molecule has 0 fully saturated rings.